The van der Waals surface area contributed by atoms with E-state index in [9.17, 15) is 13.6 Å². The molecule has 5 heteroatoms. The number of alkyl halides is 2. The maximum atomic E-state index is 12.1. The van der Waals surface area contributed by atoms with Crippen molar-refractivity contribution in [2.24, 2.45) is 0 Å². The minimum absolute atomic E-state index is 0.277. The maximum Gasteiger partial charge on any atom is 0.316 e. The zero-order chi connectivity index (χ0) is 11.4. The van der Waals surface area contributed by atoms with Crippen molar-refractivity contribution >= 4 is 11.6 Å². The fourth-order valence-corrected chi connectivity index (χ4v) is 1.06. The lowest BCUT2D eigenvalue weighted by molar-refractivity contribution is -0.128. The van der Waals surface area contributed by atoms with Gasteiger partial charge in [0.25, 0.3) is 5.91 Å². The summed E-state index contributed by atoms with van der Waals surface area (Å²) < 4.78 is 24.2. The van der Waals surface area contributed by atoms with Gasteiger partial charge in [-0.05, 0) is 18.2 Å². The molecule has 0 atom stereocenters. The summed E-state index contributed by atoms with van der Waals surface area (Å²) in [5.74, 6) is -1.29. The number of anilines is 1. The van der Waals surface area contributed by atoms with Crippen LogP contribution in [0.1, 0.15) is 5.56 Å². The number of nitriles is 1. The Hall–Kier alpha value is -1.96. The topological polar surface area (TPSA) is 44.1 Å². The Kier molecular flexibility index (Phi) is 3.34. The van der Waals surface area contributed by atoms with Crippen LogP contribution in [0.4, 0.5) is 14.5 Å². The third-order valence-electron chi connectivity index (χ3n) is 1.88. The molecule has 0 saturated heterocycles. The third-order valence-corrected chi connectivity index (χ3v) is 1.88. The van der Waals surface area contributed by atoms with Crippen molar-refractivity contribution in [1.29, 1.82) is 5.26 Å². The third kappa shape index (κ3) is 2.50. The Morgan fingerprint density at radius 1 is 1.53 bits per heavy atom. The van der Waals surface area contributed by atoms with E-state index in [0.717, 1.165) is 4.90 Å². The van der Waals surface area contributed by atoms with Crippen molar-refractivity contribution < 1.29 is 13.6 Å². The minimum Gasteiger partial charge on any atom is -0.310 e. The van der Waals surface area contributed by atoms with Gasteiger partial charge in [0.15, 0.2) is 0 Å². The van der Waals surface area contributed by atoms with E-state index in [4.69, 9.17) is 5.26 Å². The quantitative estimate of drug-likeness (QED) is 0.746. The molecule has 1 aromatic rings. The molecule has 0 N–H and O–H groups in total. The fraction of sp³-hybridized carbons (Fsp3) is 0.200. The molecule has 0 spiro atoms. The van der Waals surface area contributed by atoms with Crippen LogP contribution in [0.5, 0.6) is 0 Å². The highest BCUT2D eigenvalue weighted by Gasteiger charge is 2.21. The molecule has 0 radical (unpaired) electrons. The molecule has 1 rings (SSSR count). The number of halogens is 2. The number of amides is 1. The van der Waals surface area contributed by atoms with E-state index < -0.39 is 12.3 Å². The zero-order valence-electron chi connectivity index (χ0n) is 7.95. The van der Waals surface area contributed by atoms with Gasteiger partial charge in [-0.2, -0.15) is 14.0 Å². The van der Waals surface area contributed by atoms with E-state index in [1.807, 2.05) is 6.07 Å². The monoisotopic (exact) mass is 210 g/mol. The van der Waals surface area contributed by atoms with Crippen LogP contribution in [0, 0.1) is 11.3 Å². The summed E-state index contributed by atoms with van der Waals surface area (Å²) in [5, 5.41) is 8.59. The summed E-state index contributed by atoms with van der Waals surface area (Å²) in [6.45, 7) is 0. The SMILES string of the molecule is CN(C(=O)C(F)F)c1cccc(C#N)c1. The van der Waals surface area contributed by atoms with Gasteiger partial charge in [-0.25, -0.2) is 0 Å². The number of hydrogen-bond donors (Lipinski definition) is 0. The minimum atomic E-state index is -3.04. The first-order valence-electron chi connectivity index (χ1n) is 4.12. The first-order valence-corrected chi connectivity index (χ1v) is 4.12. The normalized spacial score (nSPS) is 9.80. The lowest BCUT2D eigenvalue weighted by Gasteiger charge is -2.16. The highest BCUT2D eigenvalue weighted by atomic mass is 19.3. The van der Waals surface area contributed by atoms with Crippen LogP contribution < -0.4 is 4.90 Å². The number of carbonyl (C=O) groups excluding carboxylic acids is 1. The first kappa shape index (κ1) is 11.1. The Morgan fingerprint density at radius 3 is 2.73 bits per heavy atom. The van der Waals surface area contributed by atoms with Crippen molar-refractivity contribution in [3.8, 4) is 6.07 Å². The summed E-state index contributed by atoms with van der Waals surface area (Å²) in [5.41, 5.74) is 0.598. The van der Waals surface area contributed by atoms with Crippen LogP contribution in [-0.4, -0.2) is 19.4 Å². The van der Waals surface area contributed by atoms with Gasteiger partial charge < -0.3 is 4.90 Å². The van der Waals surface area contributed by atoms with Gasteiger partial charge in [-0.1, -0.05) is 6.07 Å². The molecule has 0 saturated carbocycles. The van der Waals surface area contributed by atoms with Crippen LogP contribution in [0.2, 0.25) is 0 Å². The molecule has 0 unspecified atom stereocenters. The standard InChI is InChI=1S/C10H8F2N2O/c1-14(10(15)9(11)12)8-4-2-3-7(5-8)6-13/h2-5,9H,1H3. The number of hydrogen-bond acceptors (Lipinski definition) is 2. The molecule has 0 aliphatic rings. The van der Waals surface area contributed by atoms with E-state index in [2.05, 4.69) is 0 Å². The van der Waals surface area contributed by atoms with Crippen molar-refractivity contribution in [2.75, 3.05) is 11.9 Å². The lowest BCUT2D eigenvalue weighted by Crippen LogP contribution is -2.31. The predicted molar refractivity (Wildman–Crippen MR) is 50.6 cm³/mol. The Labute approximate surface area is 85.5 Å². The first-order chi connectivity index (χ1) is 7.06. The highest BCUT2D eigenvalue weighted by Crippen LogP contribution is 2.16. The highest BCUT2D eigenvalue weighted by molar-refractivity contribution is 5.95. The second kappa shape index (κ2) is 4.51. The molecule has 0 heterocycles. The number of nitrogens with zero attached hydrogens (tertiary/aromatic N) is 2. The van der Waals surface area contributed by atoms with Crippen LogP contribution in [0.3, 0.4) is 0 Å². The Morgan fingerprint density at radius 2 is 2.20 bits per heavy atom. The average Bonchev–Trinajstić information content (AvgIpc) is 2.27. The average molecular weight is 210 g/mol. The number of carbonyl (C=O) groups is 1. The summed E-state index contributed by atoms with van der Waals surface area (Å²) in [6.07, 6.45) is -3.04. The molecule has 1 aromatic carbocycles. The predicted octanol–water partition coefficient (Wildman–Crippen LogP) is 1.79. The van der Waals surface area contributed by atoms with Gasteiger partial charge in [0.05, 0.1) is 11.6 Å². The van der Waals surface area contributed by atoms with E-state index in [0.29, 0.717) is 5.56 Å². The van der Waals surface area contributed by atoms with E-state index in [1.165, 1.54) is 31.3 Å². The van der Waals surface area contributed by atoms with E-state index >= 15 is 0 Å². The van der Waals surface area contributed by atoms with Gasteiger partial charge >= 0.3 is 6.43 Å². The van der Waals surface area contributed by atoms with Crippen LogP contribution in [-0.2, 0) is 4.79 Å². The Bertz CT molecular complexity index is 412. The number of benzene rings is 1. The molecule has 78 valence electrons. The summed E-state index contributed by atoms with van der Waals surface area (Å²) >= 11 is 0. The van der Waals surface area contributed by atoms with Gasteiger partial charge in [0, 0.05) is 12.7 Å². The zero-order valence-corrected chi connectivity index (χ0v) is 7.95. The summed E-state index contributed by atoms with van der Waals surface area (Å²) in [6, 6.07) is 7.79. The summed E-state index contributed by atoms with van der Waals surface area (Å²) in [4.78, 5) is 11.8. The second-order valence-electron chi connectivity index (χ2n) is 2.86. The fourth-order valence-electron chi connectivity index (χ4n) is 1.06. The van der Waals surface area contributed by atoms with Gasteiger partial charge in [-0.3, -0.25) is 4.79 Å². The van der Waals surface area contributed by atoms with Crippen LogP contribution in [0.25, 0.3) is 0 Å². The van der Waals surface area contributed by atoms with Crippen molar-refractivity contribution in [3.63, 3.8) is 0 Å². The van der Waals surface area contributed by atoms with Crippen LogP contribution in [0.15, 0.2) is 24.3 Å². The maximum absolute atomic E-state index is 12.1. The second-order valence-corrected chi connectivity index (χ2v) is 2.86. The van der Waals surface area contributed by atoms with Gasteiger partial charge in [-0.15, -0.1) is 0 Å². The molecule has 0 bridgehead atoms. The van der Waals surface area contributed by atoms with Gasteiger partial charge in [0.1, 0.15) is 0 Å². The molecule has 1 amide bonds. The van der Waals surface area contributed by atoms with Gasteiger partial charge in [0.2, 0.25) is 0 Å². The Balaban J connectivity index is 2.97. The molecular formula is C10H8F2N2O. The lowest BCUT2D eigenvalue weighted by atomic mass is 10.2. The largest absolute Gasteiger partial charge is 0.316 e. The molecule has 3 nitrogen and oxygen atoms in total. The van der Waals surface area contributed by atoms with E-state index in [1.54, 1.807) is 0 Å². The molecule has 15 heavy (non-hydrogen) atoms. The van der Waals surface area contributed by atoms with Crippen molar-refractivity contribution in [1.82, 2.24) is 0 Å². The smallest absolute Gasteiger partial charge is 0.310 e. The molecule has 0 aliphatic heterocycles. The molecule has 0 aromatic heterocycles. The number of rotatable bonds is 2. The van der Waals surface area contributed by atoms with Crippen LogP contribution >= 0.6 is 0 Å². The molecule has 0 fully saturated rings. The molecule has 0 aliphatic carbocycles. The van der Waals surface area contributed by atoms with Crippen molar-refractivity contribution in [3.05, 3.63) is 29.8 Å². The summed E-state index contributed by atoms with van der Waals surface area (Å²) in [7, 11) is 1.24. The molecular weight excluding hydrogens is 202 g/mol. The van der Waals surface area contributed by atoms with E-state index in [-0.39, 0.29) is 5.69 Å². The van der Waals surface area contributed by atoms with Crippen molar-refractivity contribution in [2.45, 2.75) is 6.43 Å².